The van der Waals surface area contributed by atoms with Gasteiger partial charge in [0.2, 0.25) is 0 Å². The highest BCUT2D eigenvalue weighted by molar-refractivity contribution is 6.15. The van der Waals surface area contributed by atoms with E-state index in [2.05, 4.69) is 62.9 Å². The van der Waals surface area contributed by atoms with E-state index in [0.717, 1.165) is 62.5 Å². The van der Waals surface area contributed by atoms with Gasteiger partial charge in [0.25, 0.3) is 0 Å². The van der Waals surface area contributed by atoms with Crippen LogP contribution in [0, 0.1) is 5.92 Å². The summed E-state index contributed by atoms with van der Waals surface area (Å²) in [6, 6.07) is 22.8. The van der Waals surface area contributed by atoms with E-state index in [9.17, 15) is 0 Å². The molecule has 7 heteroatoms. The number of hydrogen-bond acceptors (Lipinski definition) is 6. The lowest BCUT2D eigenvalue weighted by Crippen LogP contribution is -2.09. The highest BCUT2D eigenvalue weighted by Gasteiger charge is 2.32. The van der Waals surface area contributed by atoms with E-state index in [1.807, 2.05) is 34.9 Å². The Balaban J connectivity index is 1.39. The summed E-state index contributed by atoms with van der Waals surface area (Å²) >= 11 is 0. The summed E-state index contributed by atoms with van der Waals surface area (Å²) in [7, 11) is 0. The molecule has 7 rings (SSSR count). The van der Waals surface area contributed by atoms with Gasteiger partial charge in [0, 0.05) is 41.4 Å². The molecule has 0 radical (unpaired) electrons. The standard InChI is InChI=1S/C28H23N7/c29-16-17-6-8-20(9-7-17)26-21(18-4-2-1-3-5-18)14-22-23(30-26)12-13-35-27(22)33-34-28(35)25-15-24(31-32-25)19-10-11-19/h1-9,12-14,19H,10-11,15-16,29H2. The summed E-state index contributed by atoms with van der Waals surface area (Å²) < 4.78 is 2.01. The molecule has 7 nitrogen and oxygen atoms in total. The first kappa shape index (κ1) is 20.2. The highest BCUT2D eigenvalue weighted by atomic mass is 15.3. The van der Waals surface area contributed by atoms with Crippen molar-refractivity contribution in [3.8, 4) is 22.4 Å². The Hall–Kier alpha value is -4.23. The Labute approximate surface area is 202 Å². The number of rotatable bonds is 5. The van der Waals surface area contributed by atoms with Crippen molar-refractivity contribution in [1.82, 2.24) is 19.6 Å². The van der Waals surface area contributed by atoms with Crippen molar-refractivity contribution in [2.45, 2.75) is 25.8 Å². The van der Waals surface area contributed by atoms with Gasteiger partial charge in [0.15, 0.2) is 11.5 Å². The molecular formula is C28H23N7. The van der Waals surface area contributed by atoms with Crippen molar-refractivity contribution >= 4 is 28.0 Å². The van der Waals surface area contributed by atoms with Gasteiger partial charge in [-0.1, -0.05) is 54.6 Å². The summed E-state index contributed by atoms with van der Waals surface area (Å²) in [6.45, 7) is 0.517. The molecule has 2 N–H and O–H groups in total. The summed E-state index contributed by atoms with van der Waals surface area (Å²) in [5.74, 6) is 1.36. The molecule has 0 spiro atoms. The Morgan fingerprint density at radius 2 is 1.71 bits per heavy atom. The molecule has 35 heavy (non-hydrogen) atoms. The monoisotopic (exact) mass is 457 g/mol. The third kappa shape index (κ3) is 3.43. The first-order valence-electron chi connectivity index (χ1n) is 12.0. The largest absolute Gasteiger partial charge is 0.326 e. The minimum absolute atomic E-state index is 0.517. The van der Waals surface area contributed by atoms with Crippen LogP contribution in [0.3, 0.4) is 0 Å². The first-order chi connectivity index (χ1) is 17.3. The van der Waals surface area contributed by atoms with E-state index in [1.165, 1.54) is 18.6 Å². The lowest BCUT2D eigenvalue weighted by atomic mass is 9.97. The van der Waals surface area contributed by atoms with Gasteiger partial charge in [-0.05, 0) is 42.0 Å². The lowest BCUT2D eigenvalue weighted by Gasteiger charge is -2.12. The highest BCUT2D eigenvalue weighted by Crippen LogP contribution is 2.36. The van der Waals surface area contributed by atoms with Gasteiger partial charge in [-0.2, -0.15) is 10.2 Å². The van der Waals surface area contributed by atoms with Crippen LogP contribution in [-0.2, 0) is 6.54 Å². The molecule has 0 unspecified atom stereocenters. The summed E-state index contributed by atoms with van der Waals surface area (Å²) in [4.78, 5) is 5.11. The molecule has 1 aliphatic heterocycles. The van der Waals surface area contributed by atoms with E-state index in [4.69, 9.17) is 10.7 Å². The molecule has 1 saturated carbocycles. The smallest absolute Gasteiger partial charge is 0.185 e. The number of benzene rings is 2. The fourth-order valence-electron chi connectivity index (χ4n) is 4.78. The van der Waals surface area contributed by atoms with Crippen molar-refractivity contribution < 1.29 is 0 Å². The Kier molecular flexibility index (Phi) is 4.57. The van der Waals surface area contributed by atoms with Gasteiger partial charge in [0.05, 0.1) is 11.2 Å². The molecule has 2 aliphatic rings. The number of nitrogens with two attached hydrogens (primary N) is 1. The first-order valence-corrected chi connectivity index (χ1v) is 12.0. The lowest BCUT2D eigenvalue weighted by molar-refractivity contribution is 1.06. The maximum absolute atomic E-state index is 5.81. The number of nitrogens with zero attached hydrogens (tertiary/aromatic N) is 6. The quantitative estimate of drug-likeness (QED) is 0.401. The van der Waals surface area contributed by atoms with Crippen molar-refractivity contribution in [2.75, 3.05) is 0 Å². The SMILES string of the molecule is NCc1ccc(-c2nc3ccn4c(C5=NN=C(C6CC6)C5)nnc4c3cc2-c2ccccc2)cc1. The fraction of sp³-hybridized carbons (Fsp3) is 0.179. The zero-order valence-electron chi connectivity index (χ0n) is 19.1. The number of hydrogen-bond donors (Lipinski definition) is 1. The van der Waals surface area contributed by atoms with E-state index in [0.29, 0.717) is 12.5 Å². The molecule has 170 valence electrons. The maximum atomic E-state index is 5.81. The Morgan fingerprint density at radius 1 is 0.886 bits per heavy atom. The Bertz CT molecular complexity index is 1640. The van der Waals surface area contributed by atoms with E-state index >= 15 is 0 Å². The van der Waals surface area contributed by atoms with Crippen molar-refractivity contribution in [3.63, 3.8) is 0 Å². The average Bonchev–Trinajstić information content (AvgIpc) is 3.49. The molecule has 1 fully saturated rings. The van der Waals surface area contributed by atoms with E-state index in [1.54, 1.807) is 0 Å². The third-order valence-corrected chi connectivity index (χ3v) is 6.87. The Morgan fingerprint density at radius 3 is 2.49 bits per heavy atom. The summed E-state index contributed by atoms with van der Waals surface area (Å²) in [5.41, 5.74) is 14.7. The molecule has 0 saturated heterocycles. The van der Waals surface area contributed by atoms with Gasteiger partial charge >= 0.3 is 0 Å². The van der Waals surface area contributed by atoms with Crippen molar-refractivity contribution in [3.05, 3.63) is 84.3 Å². The van der Waals surface area contributed by atoms with Crippen LogP contribution in [0.1, 0.15) is 30.7 Å². The topological polar surface area (TPSA) is 93.8 Å². The van der Waals surface area contributed by atoms with Crippen molar-refractivity contribution in [2.24, 2.45) is 21.9 Å². The molecule has 5 aromatic rings. The van der Waals surface area contributed by atoms with Crippen LogP contribution < -0.4 is 5.73 Å². The molecule has 4 heterocycles. The van der Waals surface area contributed by atoms with E-state index in [-0.39, 0.29) is 0 Å². The fourth-order valence-corrected chi connectivity index (χ4v) is 4.78. The van der Waals surface area contributed by atoms with Gasteiger partial charge in [-0.15, -0.1) is 10.2 Å². The number of pyridine rings is 2. The predicted octanol–water partition coefficient (Wildman–Crippen LogP) is 5.03. The van der Waals surface area contributed by atoms with E-state index < -0.39 is 0 Å². The normalized spacial score (nSPS) is 15.6. The molecular weight excluding hydrogens is 434 g/mol. The van der Waals surface area contributed by atoms with Gasteiger partial charge in [0.1, 0.15) is 5.71 Å². The number of fused-ring (bicyclic) bond motifs is 3. The predicted molar refractivity (Wildman–Crippen MR) is 138 cm³/mol. The van der Waals surface area contributed by atoms with Crippen LogP contribution in [0.5, 0.6) is 0 Å². The van der Waals surface area contributed by atoms with Crippen LogP contribution in [0.2, 0.25) is 0 Å². The van der Waals surface area contributed by atoms with Crippen LogP contribution >= 0.6 is 0 Å². The van der Waals surface area contributed by atoms with Crippen LogP contribution in [0.4, 0.5) is 0 Å². The zero-order valence-corrected chi connectivity index (χ0v) is 19.1. The molecule has 0 amide bonds. The van der Waals surface area contributed by atoms with Crippen molar-refractivity contribution in [1.29, 1.82) is 0 Å². The second-order valence-electron chi connectivity index (χ2n) is 9.21. The minimum atomic E-state index is 0.517. The maximum Gasteiger partial charge on any atom is 0.185 e. The molecule has 3 aromatic heterocycles. The average molecular weight is 458 g/mol. The van der Waals surface area contributed by atoms with Crippen LogP contribution in [0.25, 0.3) is 38.9 Å². The minimum Gasteiger partial charge on any atom is -0.326 e. The van der Waals surface area contributed by atoms with Gasteiger partial charge < -0.3 is 5.73 Å². The summed E-state index contributed by atoms with van der Waals surface area (Å²) in [5, 5.41) is 18.9. The van der Waals surface area contributed by atoms with Gasteiger partial charge in [-0.3, -0.25) is 4.40 Å². The molecule has 0 atom stereocenters. The van der Waals surface area contributed by atoms with Gasteiger partial charge in [-0.25, -0.2) is 4.98 Å². The third-order valence-electron chi connectivity index (χ3n) is 6.87. The second kappa shape index (κ2) is 7.92. The molecule has 2 aromatic carbocycles. The summed E-state index contributed by atoms with van der Waals surface area (Å²) in [6.07, 6.45) is 5.19. The second-order valence-corrected chi connectivity index (χ2v) is 9.21. The van der Waals surface area contributed by atoms with Crippen LogP contribution in [-0.4, -0.2) is 31.0 Å². The number of aromatic nitrogens is 4. The van der Waals surface area contributed by atoms with Crippen LogP contribution in [0.15, 0.2) is 83.1 Å². The molecule has 1 aliphatic carbocycles. The zero-order chi connectivity index (χ0) is 23.4. The molecule has 0 bridgehead atoms.